The molecule has 1 aliphatic rings. The van der Waals surface area contributed by atoms with Crippen molar-refractivity contribution in [2.75, 3.05) is 32.8 Å². The molecule has 0 aliphatic carbocycles. The van der Waals surface area contributed by atoms with Crippen LogP contribution in [0.4, 0.5) is 14.4 Å². The van der Waals surface area contributed by atoms with Crippen molar-refractivity contribution >= 4 is 71.4 Å². The Morgan fingerprint density at radius 3 is 1.38 bits per heavy atom. The molecule has 1 aliphatic heterocycles. The third-order valence-corrected chi connectivity index (χ3v) is 12.5. The second kappa shape index (κ2) is 35.8. The van der Waals surface area contributed by atoms with E-state index >= 15 is 0 Å². The second-order valence-corrected chi connectivity index (χ2v) is 24.7. The van der Waals surface area contributed by atoms with E-state index in [0.717, 1.165) is 6.92 Å². The van der Waals surface area contributed by atoms with Gasteiger partial charge in [-0.15, -0.1) is 0 Å². The maximum atomic E-state index is 14.8. The molecule has 0 unspecified atom stereocenters. The van der Waals surface area contributed by atoms with Crippen molar-refractivity contribution in [2.24, 2.45) is 11.7 Å². The van der Waals surface area contributed by atoms with Crippen molar-refractivity contribution in [3.05, 3.63) is 35.9 Å². The number of alkyl carbamates (subject to hydrolysis) is 3. The standard InChI is InChI=1S/C57H95N13O18/c1-30(2)27-38-47(78)65-35(20-24-60-52(83)86-55(5,6)7)44(75)64-37(22-26-62-54(85)88-57(11,12)13)46(77)70-42(32(4)73)51(82)59-23-19-34(66-49(80)40(29-71)69-50(81)41(58)31(3)72)43(74)63-36(21-25-61-53(84)87-56(8,9)10)45(76)68-39(48(79)67-38)28-33-17-15-14-16-18-33/h14-18,30-32,34-42,71-73H,19-29,58H2,1-13H3,(H,59,82)(H,60,83)(H,61,84)(H,62,85)(H,63,74)(H,64,75)(H,65,78)(H,66,80)(H,67,79)(H,68,76)(H,69,81)(H,70,77)/t31-,32-,34+,35+,36+,37+,38+,39-,40-,41+,42+/m1/s1. The smallest absolute Gasteiger partial charge is 0.407 e. The SMILES string of the molecule is CC(C)C[C@@H]1NC(=O)[C@@H](Cc2ccccc2)NC(=O)[C@H](CCNC(=O)OC(C)(C)C)NC(=O)[C@@H](NC(=O)[C@@H](CO)NC(=O)[C@@H](N)[C@@H](C)O)CCNC(=O)[C@H]([C@@H](C)O)NC(=O)[C@H](CCNC(=O)OC(C)(C)C)NC(=O)[C@H](CCNC(=O)OC(C)(C)C)NC1=O. The van der Waals surface area contributed by atoms with Crippen molar-refractivity contribution in [3.8, 4) is 0 Å². The minimum Gasteiger partial charge on any atom is -0.444 e. The summed E-state index contributed by atoms with van der Waals surface area (Å²) in [5.74, 6) is -9.89. The van der Waals surface area contributed by atoms with Gasteiger partial charge in [-0.2, -0.15) is 0 Å². The minimum absolute atomic E-state index is 0.0749. The van der Waals surface area contributed by atoms with E-state index < -0.39 is 187 Å². The number of aliphatic hydroxyl groups is 3. The summed E-state index contributed by atoms with van der Waals surface area (Å²) in [4.78, 5) is 167. The van der Waals surface area contributed by atoms with Crippen LogP contribution < -0.4 is 69.5 Å². The fourth-order valence-electron chi connectivity index (χ4n) is 8.16. The Kier molecular flexibility index (Phi) is 31.0. The van der Waals surface area contributed by atoms with Gasteiger partial charge in [-0.25, -0.2) is 14.4 Å². The zero-order valence-electron chi connectivity index (χ0n) is 52.6. The second-order valence-electron chi connectivity index (χ2n) is 24.7. The van der Waals surface area contributed by atoms with Crippen LogP contribution in [0.15, 0.2) is 30.3 Å². The van der Waals surface area contributed by atoms with E-state index in [9.17, 15) is 72.9 Å². The quantitative estimate of drug-likeness (QED) is 0.0600. The number of hydrogen-bond donors (Lipinski definition) is 16. The molecule has 0 bridgehead atoms. The molecule has 31 heteroatoms. The van der Waals surface area contributed by atoms with Gasteiger partial charge >= 0.3 is 18.3 Å². The fourth-order valence-corrected chi connectivity index (χ4v) is 8.16. The molecular weight excluding hydrogens is 1150 g/mol. The number of aliphatic hydroxyl groups excluding tert-OH is 3. The number of carbonyl (C=O) groups excluding carboxylic acids is 12. The molecule has 0 saturated carbocycles. The number of rotatable bonds is 20. The van der Waals surface area contributed by atoms with Gasteiger partial charge in [0.15, 0.2) is 0 Å². The summed E-state index contributed by atoms with van der Waals surface area (Å²) in [5.41, 5.74) is 3.42. The largest absolute Gasteiger partial charge is 0.444 e. The minimum atomic E-state index is -1.83. The first-order valence-electron chi connectivity index (χ1n) is 29.2. The zero-order valence-corrected chi connectivity index (χ0v) is 52.6. The lowest BCUT2D eigenvalue weighted by Gasteiger charge is -2.29. The van der Waals surface area contributed by atoms with Gasteiger partial charge in [-0.3, -0.25) is 43.2 Å². The van der Waals surface area contributed by atoms with E-state index in [1.54, 1.807) is 106 Å². The van der Waals surface area contributed by atoms with Gasteiger partial charge in [0.1, 0.15) is 71.2 Å². The number of ether oxygens (including phenoxy) is 3. The number of benzene rings is 1. The normalized spacial score (nSPS) is 22.2. The average Bonchev–Trinajstić information content (AvgIpc) is 3.04. The topological polar surface area (TPSA) is 464 Å². The van der Waals surface area contributed by atoms with Gasteiger partial charge in [-0.05, 0) is 120 Å². The third-order valence-electron chi connectivity index (χ3n) is 12.5. The lowest BCUT2D eigenvalue weighted by atomic mass is 10.00. The number of nitrogens with one attached hydrogen (secondary N) is 12. The molecule has 11 atom stereocenters. The number of hydrogen-bond acceptors (Lipinski definition) is 19. The van der Waals surface area contributed by atoms with Crippen LogP contribution in [-0.2, 0) is 63.8 Å². The van der Waals surface area contributed by atoms with Crippen LogP contribution in [0.3, 0.4) is 0 Å². The van der Waals surface area contributed by atoms with E-state index in [4.69, 9.17) is 19.9 Å². The van der Waals surface area contributed by atoms with Crippen LogP contribution in [-0.4, -0.2) is 203 Å². The van der Waals surface area contributed by atoms with Crippen LogP contribution in [0.1, 0.15) is 128 Å². The highest BCUT2D eigenvalue weighted by atomic mass is 16.6. The molecule has 1 aromatic rings. The molecule has 0 spiro atoms. The lowest BCUT2D eigenvalue weighted by molar-refractivity contribution is -0.136. The summed E-state index contributed by atoms with van der Waals surface area (Å²) in [6.07, 6.45) is -7.83. The van der Waals surface area contributed by atoms with Gasteiger partial charge in [0.2, 0.25) is 53.2 Å². The molecule has 2 rings (SSSR count). The molecule has 1 aromatic carbocycles. The highest BCUT2D eigenvalue weighted by molar-refractivity contribution is 5.98. The summed E-state index contributed by atoms with van der Waals surface area (Å²) in [6, 6.07) is -6.64. The molecule has 1 fully saturated rings. The van der Waals surface area contributed by atoms with Crippen LogP contribution in [0.25, 0.3) is 0 Å². The Bertz CT molecular complexity index is 2530. The van der Waals surface area contributed by atoms with E-state index in [1.165, 1.54) is 6.92 Å². The highest BCUT2D eigenvalue weighted by Crippen LogP contribution is 2.13. The Balaban J connectivity index is 2.96. The van der Waals surface area contributed by atoms with Crippen LogP contribution in [0, 0.1) is 5.92 Å². The van der Waals surface area contributed by atoms with Gasteiger partial charge in [0.25, 0.3) is 0 Å². The zero-order chi connectivity index (χ0) is 66.9. The predicted octanol–water partition coefficient (Wildman–Crippen LogP) is -2.50. The van der Waals surface area contributed by atoms with E-state index in [1.807, 2.05) is 0 Å². The first-order chi connectivity index (χ1) is 40.8. The lowest BCUT2D eigenvalue weighted by Crippen LogP contribution is -2.61. The van der Waals surface area contributed by atoms with Crippen molar-refractivity contribution in [1.29, 1.82) is 0 Å². The number of nitrogens with two attached hydrogens (primary N) is 1. The van der Waals surface area contributed by atoms with Crippen molar-refractivity contribution < 1.29 is 87.1 Å². The number of amides is 12. The molecule has 88 heavy (non-hydrogen) atoms. The molecular formula is C57H95N13O18. The molecule has 0 aromatic heterocycles. The number of carbonyl (C=O) groups is 12. The highest BCUT2D eigenvalue weighted by Gasteiger charge is 2.37. The van der Waals surface area contributed by atoms with Gasteiger partial charge in [0, 0.05) is 32.6 Å². The van der Waals surface area contributed by atoms with Gasteiger partial charge < -0.3 is 99.1 Å². The van der Waals surface area contributed by atoms with Crippen molar-refractivity contribution in [2.45, 2.75) is 212 Å². The van der Waals surface area contributed by atoms with E-state index in [0.29, 0.717) is 5.56 Å². The Morgan fingerprint density at radius 1 is 0.568 bits per heavy atom. The molecule has 12 amide bonds. The van der Waals surface area contributed by atoms with Crippen LogP contribution >= 0.6 is 0 Å². The molecule has 0 radical (unpaired) electrons. The Morgan fingerprint density at radius 2 is 0.966 bits per heavy atom. The molecule has 1 heterocycles. The van der Waals surface area contributed by atoms with E-state index in [2.05, 4.69) is 63.8 Å². The average molecular weight is 1250 g/mol. The monoisotopic (exact) mass is 1250 g/mol. The molecule has 17 N–H and O–H groups in total. The maximum absolute atomic E-state index is 14.8. The third kappa shape index (κ3) is 29.7. The fraction of sp³-hybridized carbons (Fsp3) is 0.684. The van der Waals surface area contributed by atoms with Gasteiger partial charge in [0.05, 0.1) is 18.8 Å². The first-order valence-corrected chi connectivity index (χ1v) is 29.2. The first kappa shape index (κ1) is 76.2. The van der Waals surface area contributed by atoms with Crippen LogP contribution in [0.2, 0.25) is 0 Å². The summed E-state index contributed by atoms with van der Waals surface area (Å²) in [5, 5.41) is 61.0. The van der Waals surface area contributed by atoms with Crippen molar-refractivity contribution in [3.63, 3.8) is 0 Å². The summed E-state index contributed by atoms with van der Waals surface area (Å²) in [6.45, 7) is 17.6. The Hall–Kier alpha value is -7.90. The van der Waals surface area contributed by atoms with Gasteiger partial charge in [-0.1, -0.05) is 44.2 Å². The molecule has 496 valence electrons. The summed E-state index contributed by atoms with van der Waals surface area (Å²) < 4.78 is 16.0. The maximum Gasteiger partial charge on any atom is 0.407 e. The molecule has 31 nitrogen and oxygen atoms in total. The summed E-state index contributed by atoms with van der Waals surface area (Å²) >= 11 is 0. The van der Waals surface area contributed by atoms with E-state index in [-0.39, 0.29) is 44.8 Å². The molecule has 1 saturated heterocycles. The summed E-state index contributed by atoms with van der Waals surface area (Å²) in [7, 11) is 0. The Labute approximate surface area is 513 Å². The van der Waals surface area contributed by atoms with Crippen molar-refractivity contribution in [1.82, 2.24) is 63.8 Å². The predicted molar refractivity (Wildman–Crippen MR) is 318 cm³/mol. The van der Waals surface area contributed by atoms with Crippen LogP contribution in [0.5, 0.6) is 0 Å².